The van der Waals surface area contributed by atoms with Gasteiger partial charge >= 0.3 is 0 Å². The van der Waals surface area contributed by atoms with E-state index in [-0.39, 0.29) is 0 Å². The molecule has 14 rings (SSSR count). The molecule has 13 aromatic carbocycles. The first-order chi connectivity index (χ1) is 37.2. The Labute approximate surface area is 442 Å². The first-order valence-electron chi connectivity index (χ1n) is 25.7. The van der Waals surface area contributed by atoms with Gasteiger partial charge in [-0.2, -0.15) is 0 Å². The van der Waals surface area contributed by atoms with Gasteiger partial charge in [0.15, 0.2) is 0 Å². The molecule has 0 saturated heterocycles. The highest BCUT2D eigenvalue weighted by atomic mass is 32.1. The fourth-order valence-corrected chi connectivity index (χ4v) is 12.3. The van der Waals surface area contributed by atoms with Crippen LogP contribution in [-0.4, -0.2) is 0 Å². The summed E-state index contributed by atoms with van der Waals surface area (Å²) in [6.45, 7) is 0. The molecule has 0 fully saturated rings. The normalized spacial score (nSPS) is 11.2. The molecule has 0 aliphatic carbocycles. The van der Waals surface area contributed by atoms with Crippen molar-refractivity contribution in [3.8, 4) is 87.6 Å². The second kappa shape index (κ2) is 20.2. The molecule has 0 N–H and O–H groups in total. The highest BCUT2D eigenvalue weighted by molar-refractivity contribution is 7.20. The standard InChI is InChI=1S/C42H28S.C32H22/c1-4-14-29(15-5-1)39-40(30-16-6-2-7-17-30)42(43-41(39)32-18-8-3-9-19-32)33-26-24-31(25-27-33)38-36-22-12-10-20-34(36)28-35-21-11-13-23-37(35)38;1-4-10-23(11-5-1)26-16-18-30-28(20-26)22-29-21-27(24-12-6-2-7-13-24)17-19-31(29)32(30)25-14-8-3-9-15-25/h1-28H;1-22H. The van der Waals surface area contributed by atoms with Crippen molar-refractivity contribution in [1.82, 2.24) is 0 Å². The largest absolute Gasteiger partial charge is 0.134 e. The summed E-state index contributed by atoms with van der Waals surface area (Å²) < 4.78 is 0. The van der Waals surface area contributed by atoms with Crippen molar-refractivity contribution < 1.29 is 0 Å². The van der Waals surface area contributed by atoms with E-state index in [0.29, 0.717) is 0 Å². The lowest BCUT2D eigenvalue weighted by atomic mass is 9.89. The van der Waals surface area contributed by atoms with Crippen LogP contribution in [-0.2, 0) is 0 Å². The first-order valence-corrected chi connectivity index (χ1v) is 26.5. The minimum atomic E-state index is 1.23. The number of hydrogen-bond acceptors (Lipinski definition) is 1. The van der Waals surface area contributed by atoms with Crippen LogP contribution in [0.15, 0.2) is 303 Å². The third-order valence-corrected chi connectivity index (χ3v) is 15.8. The summed E-state index contributed by atoms with van der Waals surface area (Å²) in [5.74, 6) is 0. The Bertz CT molecular complexity index is 4130. The van der Waals surface area contributed by atoms with Crippen LogP contribution in [0.2, 0.25) is 0 Å². The minimum Gasteiger partial charge on any atom is -0.134 e. The molecule has 0 amide bonds. The van der Waals surface area contributed by atoms with E-state index in [0.717, 1.165) is 0 Å². The minimum absolute atomic E-state index is 1.23. The van der Waals surface area contributed by atoms with Crippen LogP contribution in [0, 0.1) is 0 Å². The smallest absolute Gasteiger partial charge is 0.0434 e. The van der Waals surface area contributed by atoms with Crippen molar-refractivity contribution in [2.45, 2.75) is 0 Å². The summed E-state index contributed by atoms with van der Waals surface area (Å²) >= 11 is 1.89. The number of fused-ring (bicyclic) bond motifs is 4. The second-order valence-corrected chi connectivity index (χ2v) is 20.1. The monoisotopic (exact) mass is 970 g/mol. The highest BCUT2D eigenvalue weighted by Gasteiger charge is 2.23. The third-order valence-electron chi connectivity index (χ3n) is 14.5. The zero-order chi connectivity index (χ0) is 49.9. The summed E-state index contributed by atoms with van der Waals surface area (Å²) in [6.07, 6.45) is 0. The topological polar surface area (TPSA) is 0 Å². The van der Waals surface area contributed by atoms with Crippen molar-refractivity contribution >= 4 is 54.4 Å². The lowest BCUT2D eigenvalue weighted by molar-refractivity contribution is 1.61. The van der Waals surface area contributed by atoms with E-state index in [1.165, 1.54) is 131 Å². The van der Waals surface area contributed by atoms with Gasteiger partial charge in [-0.25, -0.2) is 0 Å². The molecule has 352 valence electrons. The molecule has 1 heterocycles. The SMILES string of the molecule is c1ccc(-c2ccc3c(-c4ccccc4)c4ccc(-c5ccccc5)cc4cc3c2)cc1.c1ccc(-c2sc(-c3ccc(-c4c5ccccc5cc5ccccc45)cc3)c(-c3ccccc3)c2-c2ccccc2)cc1. The Morgan fingerprint density at radius 2 is 0.427 bits per heavy atom. The molecule has 1 aromatic heterocycles. The predicted octanol–water partition coefficient (Wildman–Crippen LogP) is 21.4. The molecule has 0 unspecified atom stereocenters. The molecular weight excluding hydrogens is 921 g/mol. The fraction of sp³-hybridized carbons (Fsp3) is 0. The number of hydrogen-bond donors (Lipinski definition) is 0. The number of rotatable bonds is 8. The summed E-state index contributed by atoms with van der Waals surface area (Å²) in [6, 6.07) is 110. The van der Waals surface area contributed by atoms with Crippen LogP contribution >= 0.6 is 11.3 Å². The molecule has 0 radical (unpaired) electrons. The zero-order valence-electron chi connectivity index (χ0n) is 41.3. The lowest BCUT2D eigenvalue weighted by Gasteiger charge is -2.14. The van der Waals surface area contributed by atoms with Gasteiger partial charge in [0.1, 0.15) is 0 Å². The van der Waals surface area contributed by atoms with E-state index >= 15 is 0 Å². The van der Waals surface area contributed by atoms with Gasteiger partial charge in [0.05, 0.1) is 0 Å². The van der Waals surface area contributed by atoms with E-state index in [4.69, 9.17) is 0 Å². The molecule has 0 saturated carbocycles. The zero-order valence-corrected chi connectivity index (χ0v) is 42.1. The average molecular weight is 971 g/mol. The maximum absolute atomic E-state index is 2.34. The van der Waals surface area contributed by atoms with E-state index in [1.54, 1.807) is 0 Å². The Morgan fingerprint density at radius 1 is 0.160 bits per heavy atom. The van der Waals surface area contributed by atoms with Crippen LogP contribution in [0.4, 0.5) is 0 Å². The summed E-state index contributed by atoms with van der Waals surface area (Å²) in [4.78, 5) is 2.59. The molecule has 0 nitrogen and oxygen atoms in total. The molecule has 0 bridgehead atoms. The van der Waals surface area contributed by atoms with Crippen molar-refractivity contribution in [2.24, 2.45) is 0 Å². The average Bonchev–Trinajstić information content (AvgIpc) is 3.90. The van der Waals surface area contributed by atoms with Crippen molar-refractivity contribution in [1.29, 1.82) is 0 Å². The van der Waals surface area contributed by atoms with Gasteiger partial charge in [0.2, 0.25) is 0 Å². The summed E-state index contributed by atoms with van der Waals surface area (Å²) in [5.41, 5.74) is 17.6. The van der Waals surface area contributed by atoms with Gasteiger partial charge in [0, 0.05) is 20.9 Å². The molecule has 0 aliphatic heterocycles. The van der Waals surface area contributed by atoms with Crippen LogP contribution < -0.4 is 0 Å². The van der Waals surface area contributed by atoms with E-state index in [1.807, 2.05) is 11.3 Å². The van der Waals surface area contributed by atoms with E-state index < -0.39 is 0 Å². The van der Waals surface area contributed by atoms with Crippen molar-refractivity contribution in [3.63, 3.8) is 0 Å². The Hall–Kier alpha value is -9.40. The Balaban J connectivity index is 0.000000151. The molecule has 0 spiro atoms. The number of benzene rings is 13. The van der Waals surface area contributed by atoms with E-state index in [9.17, 15) is 0 Å². The van der Waals surface area contributed by atoms with Crippen molar-refractivity contribution in [2.75, 3.05) is 0 Å². The fourth-order valence-electron chi connectivity index (χ4n) is 11.0. The Morgan fingerprint density at radius 3 is 0.840 bits per heavy atom. The molecular formula is C74H50S. The van der Waals surface area contributed by atoms with Crippen LogP contribution in [0.5, 0.6) is 0 Å². The van der Waals surface area contributed by atoms with Gasteiger partial charge in [0.25, 0.3) is 0 Å². The summed E-state index contributed by atoms with van der Waals surface area (Å²) in [7, 11) is 0. The maximum atomic E-state index is 2.34. The van der Waals surface area contributed by atoms with Gasteiger partial charge in [-0.3, -0.25) is 0 Å². The quantitative estimate of drug-likeness (QED) is 0.133. The lowest BCUT2D eigenvalue weighted by Crippen LogP contribution is -1.88. The van der Waals surface area contributed by atoms with Crippen LogP contribution in [0.1, 0.15) is 0 Å². The van der Waals surface area contributed by atoms with Gasteiger partial charge in [-0.1, -0.05) is 279 Å². The third kappa shape index (κ3) is 8.91. The van der Waals surface area contributed by atoms with Crippen molar-refractivity contribution in [3.05, 3.63) is 303 Å². The predicted molar refractivity (Wildman–Crippen MR) is 324 cm³/mol. The van der Waals surface area contributed by atoms with Crippen LogP contribution in [0.25, 0.3) is 131 Å². The summed E-state index contributed by atoms with van der Waals surface area (Å²) in [5, 5.41) is 10.2. The van der Waals surface area contributed by atoms with Gasteiger partial charge < -0.3 is 0 Å². The van der Waals surface area contributed by atoms with E-state index in [2.05, 4.69) is 303 Å². The maximum Gasteiger partial charge on any atom is 0.0434 e. The van der Waals surface area contributed by atoms with Gasteiger partial charge in [-0.05, 0) is 134 Å². The molecule has 14 aromatic rings. The molecule has 0 aliphatic rings. The highest BCUT2D eigenvalue weighted by Crippen LogP contribution is 2.52. The van der Waals surface area contributed by atoms with Gasteiger partial charge in [-0.15, -0.1) is 11.3 Å². The molecule has 75 heavy (non-hydrogen) atoms. The Kier molecular flexibility index (Phi) is 12.3. The molecule has 1 heteroatoms. The first kappa shape index (κ1) is 45.5. The van der Waals surface area contributed by atoms with Crippen LogP contribution in [0.3, 0.4) is 0 Å². The molecule has 0 atom stereocenters. The second-order valence-electron chi connectivity index (χ2n) is 19.1. The number of thiophene rings is 1.